The molecule has 0 bridgehead atoms. The van der Waals surface area contributed by atoms with Crippen LogP contribution in [-0.4, -0.2) is 50.4 Å². The normalized spacial score (nSPS) is 16.2. The van der Waals surface area contributed by atoms with Crippen LogP contribution in [0.3, 0.4) is 0 Å². The molecule has 0 aromatic heterocycles. The summed E-state index contributed by atoms with van der Waals surface area (Å²) in [6.45, 7) is 4.87. The third kappa shape index (κ3) is 6.74. The second kappa shape index (κ2) is 10.7. The first-order valence-electron chi connectivity index (χ1n) is 9.08. The fourth-order valence-electron chi connectivity index (χ4n) is 2.93. The molecule has 1 heterocycles. The molecule has 0 aliphatic carbocycles. The predicted octanol–water partition coefficient (Wildman–Crippen LogP) is 2.81. The second-order valence-electron chi connectivity index (χ2n) is 6.18. The van der Waals surface area contributed by atoms with E-state index in [4.69, 9.17) is 9.47 Å². The van der Waals surface area contributed by atoms with Gasteiger partial charge in [-0.05, 0) is 56.6 Å². The Bertz CT molecular complexity index is 567. The van der Waals surface area contributed by atoms with Crippen LogP contribution in [-0.2, 0) is 4.79 Å². The summed E-state index contributed by atoms with van der Waals surface area (Å²) in [6.07, 6.45) is 7.79. The maximum absolute atomic E-state index is 12.1. The zero-order valence-electron chi connectivity index (χ0n) is 15.3. The van der Waals surface area contributed by atoms with E-state index in [1.54, 1.807) is 13.3 Å². The van der Waals surface area contributed by atoms with Gasteiger partial charge in [-0.2, -0.15) is 5.10 Å². The number of ether oxygens (including phenoxy) is 2. The smallest absolute Gasteiger partial charge is 0.254 e. The van der Waals surface area contributed by atoms with Crippen molar-refractivity contribution in [2.24, 2.45) is 5.10 Å². The topological polar surface area (TPSA) is 63.2 Å². The van der Waals surface area contributed by atoms with Crippen molar-refractivity contribution in [1.82, 2.24) is 10.3 Å². The lowest BCUT2D eigenvalue weighted by Gasteiger charge is -2.23. The van der Waals surface area contributed by atoms with Crippen LogP contribution in [0.4, 0.5) is 0 Å². The Kier molecular flexibility index (Phi) is 8.25. The number of nitrogens with zero attached hydrogens (tertiary/aromatic N) is 2. The highest BCUT2D eigenvalue weighted by Crippen LogP contribution is 2.27. The van der Waals surface area contributed by atoms with Gasteiger partial charge in [0.25, 0.3) is 5.91 Å². The van der Waals surface area contributed by atoms with Gasteiger partial charge in [0.2, 0.25) is 0 Å². The van der Waals surface area contributed by atoms with E-state index in [1.165, 1.54) is 32.1 Å². The van der Waals surface area contributed by atoms with Crippen LogP contribution in [0, 0.1) is 0 Å². The summed E-state index contributed by atoms with van der Waals surface area (Å²) >= 11 is 0. The Morgan fingerprint density at radius 2 is 1.92 bits per heavy atom. The predicted molar refractivity (Wildman–Crippen MR) is 99.4 cm³/mol. The van der Waals surface area contributed by atoms with Crippen molar-refractivity contribution in [3.63, 3.8) is 0 Å². The molecule has 1 aliphatic heterocycles. The monoisotopic (exact) mass is 347 g/mol. The van der Waals surface area contributed by atoms with Gasteiger partial charge in [-0.3, -0.25) is 9.69 Å². The molecule has 6 heteroatoms. The molecule has 0 saturated carbocycles. The van der Waals surface area contributed by atoms with Gasteiger partial charge in [0.05, 0.1) is 26.5 Å². The van der Waals surface area contributed by atoms with E-state index >= 15 is 0 Å². The average molecular weight is 347 g/mol. The fourth-order valence-corrected chi connectivity index (χ4v) is 2.93. The van der Waals surface area contributed by atoms with Crippen molar-refractivity contribution in [2.45, 2.75) is 39.0 Å². The molecule has 138 valence electrons. The summed E-state index contributed by atoms with van der Waals surface area (Å²) in [5.41, 5.74) is 3.45. The van der Waals surface area contributed by atoms with Crippen molar-refractivity contribution >= 4 is 12.1 Å². The van der Waals surface area contributed by atoms with Crippen LogP contribution in [0.2, 0.25) is 0 Å². The number of carbonyl (C=O) groups is 1. The summed E-state index contributed by atoms with van der Waals surface area (Å²) in [6, 6.07) is 5.54. The molecule has 1 amide bonds. The van der Waals surface area contributed by atoms with E-state index in [0.717, 1.165) is 18.7 Å². The van der Waals surface area contributed by atoms with Crippen LogP contribution in [0.1, 0.15) is 44.6 Å². The fraction of sp³-hybridized carbons (Fsp3) is 0.579. The molecule has 1 saturated heterocycles. The van der Waals surface area contributed by atoms with Crippen molar-refractivity contribution in [2.75, 3.05) is 33.4 Å². The molecular formula is C19H29N3O3. The van der Waals surface area contributed by atoms with Crippen molar-refractivity contribution in [3.05, 3.63) is 23.8 Å². The molecule has 0 unspecified atom stereocenters. The van der Waals surface area contributed by atoms with Gasteiger partial charge in [0.1, 0.15) is 0 Å². The number of benzene rings is 1. The highest BCUT2D eigenvalue weighted by molar-refractivity contribution is 5.83. The summed E-state index contributed by atoms with van der Waals surface area (Å²) in [4.78, 5) is 14.3. The number of nitrogens with one attached hydrogen (secondary N) is 1. The summed E-state index contributed by atoms with van der Waals surface area (Å²) < 4.78 is 10.8. The van der Waals surface area contributed by atoms with Gasteiger partial charge in [0, 0.05) is 0 Å². The van der Waals surface area contributed by atoms with E-state index in [2.05, 4.69) is 15.4 Å². The molecule has 0 atom stereocenters. The number of likely N-dealkylation sites (tertiary alicyclic amines) is 1. The number of hydrazone groups is 1. The minimum absolute atomic E-state index is 0.0737. The number of rotatable bonds is 7. The Morgan fingerprint density at radius 3 is 2.60 bits per heavy atom. The van der Waals surface area contributed by atoms with Crippen molar-refractivity contribution < 1.29 is 14.3 Å². The third-order valence-electron chi connectivity index (χ3n) is 4.21. The van der Waals surface area contributed by atoms with Crippen LogP contribution in [0.15, 0.2) is 23.3 Å². The Labute approximate surface area is 150 Å². The average Bonchev–Trinajstić information content (AvgIpc) is 2.58. The maximum atomic E-state index is 12.1. The van der Waals surface area contributed by atoms with E-state index < -0.39 is 0 Å². The minimum atomic E-state index is -0.0737. The highest BCUT2D eigenvalue weighted by Gasteiger charge is 2.11. The molecule has 25 heavy (non-hydrogen) atoms. The van der Waals surface area contributed by atoms with Crippen molar-refractivity contribution in [1.29, 1.82) is 0 Å². The molecule has 0 radical (unpaired) electrons. The third-order valence-corrected chi connectivity index (χ3v) is 4.21. The zero-order valence-corrected chi connectivity index (χ0v) is 15.3. The molecule has 1 aliphatic rings. The maximum Gasteiger partial charge on any atom is 0.254 e. The van der Waals surface area contributed by atoms with E-state index in [1.807, 2.05) is 25.1 Å². The zero-order chi connectivity index (χ0) is 17.9. The highest BCUT2D eigenvalue weighted by atomic mass is 16.5. The molecule has 2 rings (SSSR count). The molecule has 0 spiro atoms. The lowest BCUT2D eigenvalue weighted by atomic mass is 10.1. The Hall–Kier alpha value is -2.08. The van der Waals surface area contributed by atoms with Crippen LogP contribution >= 0.6 is 0 Å². The summed E-state index contributed by atoms with van der Waals surface area (Å²) in [5, 5.41) is 4.06. The first kappa shape index (κ1) is 19.2. The number of hydrogen-bond donors (Lipinski definition) is 1. The van der Waals surface area contributed by atoms with Gasteiger partial charge < -0.3 is 9.47 Å². The molecule has 1 N–H and O–H groups in total. The number of methoxy groups -OCH3 is 1. The van der Waals surface area contributed by atoms with E-state index in [-0.39, 0.29) is 5.91 Å². The van der Waals surface area contributed by atoms with E-state index in [0.29, 0.717) is 24.7 Å². The molecular weight excluding hydrogens is 318 g/mol. The molecule has 1 aromatic rings. The van der Waals surface area contributed by atoms with Crippen LogP contribution < -0.4 is 14.9 Å². The second-order valence-corrected chi connectivity index (χ2v) is 6.18. The summed E-state index contributed by atoms with van der Waals surface area (Å²) in [5.74, 6) is 1.27. The van der Waals surface area contributed by atoms with Gasteiger partial charge >= 0.3 is 0 Å². The quantitative estimate of drug-likeness (QED) is 0.608. The standard InChI is InChI=1S/C19H29N3O3/c1-3-25-18-13-16(9-10-17(18)24-2)14-20-21-19(23)15-22-11-7-5-4-6-8-12-22/h9-10,13-14H,3-8,11-12,15H2,1-2H3,(H,21,23)/b20-14+. The van der Waals surface area contributed by atoms with Gasteiger partial charge in [-0.15, -0.1) is 0 Å². The van der Waals surface area contributed by atoms with E-state index in [9.17, 15) is 4.79 Å². The number of carbonyl (C=O) groups excluding carboxylic acids is 1. The van der Waals surface area contributed by atoms with Crippen LogP contribution in [0.25, 0.3) is 0 Å². The lowest BCUT2D eigenvalue weighted by molar-refractivity contribution is -0.122. The first-order chi connectivity index (χ1) is 12.2. The molecule has 1 fully saturated rings. The van der Waals surface area contributed by atoms with Gasteiger partial charge in [0.15, 0.2) is 11.5 Å². The molecule has 6 nitrogen and oxygen atoms in total. The van der Waals surface area contributed by atoms with Crippen molar-refractivity contribution in [3.8, 4) is 11.5 Å². The first-order valence-corrected chi connectivity index (χ1v) is 9.08. The Morgan fingerprint density at radius 1 is 1.20 bits per heavy atom. The Balaban J connectivity index is 1.84. The number of amides is 1. The molecule has 1 aromatic carbocycles. The largest absolute Gasteiger partial charge is 0.493 e. The summed E-state index contributed by atoms with van der Waals surface area (Å²) in [7, 11) is 1.61. The lowest BCUT2D eigenvalue weighted by Crippen LogP contribution is -2.37. The SMILES string of the molecule is CCOc1cc(/C=N/NC(=O)CN2CCCCCCC2)ccc1OC. The van der Waals surface area contributed by atoms with Crippen LogP contribution in [0.5, 0.6) is 11.5 Å². The van der Waals surface area contributed by atoms with Gasteiger partial charge in [-0.1, -0.05) is 19.3 Å². The minimum Gasteiger partial charge on any atom is -0.493 e. The number of hydrogen-bond acceptors (Lipinski definition) is 5. The van der Waals surface area contributed by atoms with Gasteiger partial charge in [-0.25, -0.2) is 5.43 Å².